The first-order valence-corrected chi connectivity index (χ1v) is 6.43. The molecule has 1 N–H and O–H groups in total. The third kappa shape index (κ3) is 3.15. The first-order valence-electron chi connectivity index (χ1n) is 6.05. The Balaban J connectivity index is 2.38. The predicted molar refractivity (Wildman–Crippen MR) is 77.7 cm³/mol. The molecular formula is C16H15ClO2. The topological polar surface area (TPSA) is 37.3 Å². The number of carbonyl (C=O) groups is 1. The minimum Gasteiger partial charge on any atom is -0.481 e. The lowest BCUT2D eigenvalue weighted by atomic mass is 9.99. The summed E-state index contributed by atoms with van der Waals surface area (Å²) >= 11 is 6.13. The summed E-state index contributed by atoms with van der Waals surface area (Å²) in [6, 6.07) is 11.7. The summed E-state index contributed by atoms with van der Waals surface area (Å²) in [5, 5.41) is 9.28. The minimum absolute atomic E-state index is 0.0496. The molecule has 0 amide bonds. The molecule has 0 atom stereocenters. The summed E-state index contributed by atoms with van der Waals surface area (Å²) < 4.78 is 0. The number of benzene rings is 2. The van der Waals surface area contributed by atoms with E-state index in [1.807, 2.05) is 18.2 Å². The van der Waals surface area contributed by atoms with Crippen LogP contribution < -0.4 is 0 Å². The van der Waals surface area contributed by atoms with Crippen molar-refractivity contribution in [1.82, 2.24) is 0 Å². The number of hydrogen-bond donors (Lipinski definition) is 1. The van der Waals surface area contributed by atoms with Crippen molar-refractivity contribution in [2.75, 3.05) is 0 Å². The van der Waals surface area contributed by atoms with Crippen LogP contribution in [0.25, 0.3) is 11.1 Å². The smallest absolute Gasteiger partial charge is 0.307 e. The summed E-state index contributed by atoms with van der Waals surface area (Å²) in [6.07, 6.45) is -0.0496. The van der Waals surface area contributed by atoms with E-state index in [0.29, 0.717) is 10.6 Å². The third-order valence-corrected chi connectivity index (χ3v) is 3.59. The number of carboxylic acids is 1. The van der Waals surface area contributed by atoms with E-state index >= 15 is 0 Å². The molecule has 0 unspecified atom stereocenters. The van der Waals surface area contributed by atoms with E-state index in [1.54, 1.807) is 6.07 Å². The largest absolute Gasteiger partial charge is 0.481 e. The lowest BCUT2D eigenvalue weighted by Crippen LogP contribution is -2.00. The van der Waals surface area contributed by atoms with Crippen molar-refractivity contribution in [1.29, 1.82) is 0 Å². The second-order valence-corrected chi connectivity index (χ2v) is 5.08. The summed E-state index contributed by atoms with van der Waals surface area (Å²) in [6.45, 7) is 4.14. The van der Waals surface area contributed by atoms with Gasteiger partial charge in [0.1, 0.15) is 0 Å². The SMILES string of the molecule is Cc1ccc(-c2ccc(CC(=O)O)c(Cl)c2)cc1C. The summed E-state index contributed by atoms with van der Waals surface area (Å²) in [7, 11) is 0. The van der Waals surface area contributed by atoms with Crippen LogP contribution in [0.15, 0.2) is 36.4 Å². The zero-order chi connectivity index (χ0) is 14.0. The molecule has 2 aromatic carbocycles. The third-order valence-electron chi connectivity index (χ3n) is 3.23. The second kappa shape index (κ2) is 5.45. The number of hydrogen-bond acceptors (Lipinski definition) is 1. The van der Waals surface area contributed by atoms with Gasteiger partial charge in [-0.25, -0.2) is 0 Å². The summed E-state index contributed by atoms with van der Waals surface area (Å²) in [5.41, 5.74) is 5.21. The Labute approximate surface area is 117 Å². The van der Waals surface area contributed by atoms with E-state index in [0.717, 1.165) is 11.1 Å². The van der Waals surface area contributed by atoms with Gasteiger partial charge >= 0.3 is 5.97 Å². The molecule has 0 fully saturated rings. The van der Waals surface area contributed by atoms with Crippen LogP contribution in [0.4, 0.5) is 0 Å². The highest BCUT2D eigenvalue weighted by Crippen LogP contribution is 2.27. The fourth-order valence-electron chi connectivity index (χ4n) is 1.95. The predicted octanol–water partition coefficient (Wildman–Crippen LogP) is 4.25. The van der Waals surface area contributed by atoms with Gasteiger partial charge in [-0.05, 0) is 47.7 Å². The quantitative estimate of drug-likeness (QED) is 0.908. The number of aryl methyl sites for hydroxylation is 2. The Morgan fingerprint density at radius 1 is 1.05 bits per heavy atom. The van der Waals surface area contributed by atoms with E-state index in [2.05, 4.69) is 26.0 Å². The maximum Gasteiger partial charge on any atom is 0.307 e. The zero-order valence-corrected chi connectivity index (χ0v) is 11.7. The molecule has 3 heteroatoms. The van der Waals surface area contributed by atoms with Crippen LogP contribution in [0, 0.1) is 13.8 Å². The molecule has 0 saturated heterocycles. The highest BCUT2D eigenvalue weighted by atomic mass is 35.5. The Hall–Kier alpha value is -1.80. The standard InChI is InChI=1S/C16H15ClO2/c1-10-3-4-12(7-11(10)2)13-5-6-14(9-16(18)19)15(17)8-13/h3-8H,9H2,1-2H3,(H,18,19). The van der Waals surface area contributed by atoms with E-state index in [1.165, 1.54) is 11.1 Å². The lowest BCUT2D eigenvalue weighted by molar-refractivity contribution is -0.136. The first kappa shape index (κ1) is 13.6. The van der Waals surface area contributed by atoms with Gasteiger partial charge in [0.2, 0.25) is 0 Å². The normalized spacial score (nSPS) is 10.5. The van der Waals surface area contributed by atoms with Gasteiger partial charge in [-0.3, -0.25) is 4.79 Å². The fraction of sp³-hybridized carbons (Fsp3) is 0.188. The van der Waals surface area contributed by atoms with E-state index in [9.17, 15) is 4.79 Å². The molecule has 0 aliphatic carbocycles. The van der Waals surface area contributed by atoms with Crippen LogP contribution in [-0.2, 0) is 11.2 Å². The van der Waals surface area contributed by atoms with Crippen molar-refractivity contribution in [3.05, 3.63) is 58.1 Å². The average Bonchev–Trinajstić information content (AvgIpc) is 2.35. The van der Waals surface area contributed by atoms with Crippen molar-refractivity contribution in [3.63, 3.8) is 0 Å². The molecule has 0 bridgehead atoms. The summed E-state index contributed by atoms with van der Waals surface area (Å²) in [5.74, 6) is -0.874. The van der Waals surface area contributed by atoms with Crippen molar-refractivity contribution in [2.45, 2.75) is 20.3 Å². The molecule has 98 valence electrons. The van der Waals surface area contributed by atoms with Gasteiger partial charge in [-0.15, -0.1) is 0 Å². The number of halogens is 1. The van der Waals surface area contributed by atoms with Crippen LogP contribution in [-0.4, -0.2) is 11.1 Å². The van der Waals surface area contributed by atoms with E-state index < -0.39 is 5.97 Å². The number of rotatable bonds is 3. The van der Waals surface area contributed by atoms with Crippen LogP contribution in [0.5, 0.6) is 0 Å². The van der Waals surface area contributed by atoms with Crippen molar-refractivity contribution in [2.24, 2.45) is 0 Å². The fourth-order valence-corrected chi connectivity index (χ4v) is 2.20. The van der Waals surface area contributed by atoms with Crippen LogP contribution >= 0.6 is 11.6 Å². The van der Waals surface area contributed by atoms with Crippen LogP contribution in [0.1, 0.15) is 16.7 Å². The van der Waals surface area contributed by atoms with Gasteiger partial charge in [-0.2, -0.15) is 0 Å². The van der Waals surface area contributed by atoms with Gasteiger partial charge in [0.25, 0.3) is 0 Å². The summed E-state index contributed by atoms with van der Waals surface area (Å²) in [4.78, 5) is 10.7. The van der Waals surface area contributed by atoms with E-state index in [4.69, 9.17) is 16.7 Å². The highest BCUT2D eigenvalue weighted by molar-refractivity contribution is 6.31. The number of aliphatic carboxylic acids is 1. The molecule has 0 aliphatic rings. The molecule has 0 aromatic heterocycles. The molecule has 0 aliphatic heterocycles. The van der Waals surface area contributed by atoms with E-state index in [-0.39, 0.29) is 6.42 Å². The van der Waals surface area contributed by atoms with Gasteiger partial charge in [0.05, 0.1) is 6.42 Å². The molecule has 2 aromatic rings. The Kier molecular flexibility index (Phi) is 3.91. The molecule has 19 heavy (non-hydrogen) atoms. The molecule has 0 saturated carbocycles. The van der Waals surface area contributed by atoms with Crippen LogP contribution in [0.3, 0.4) is 0 Å². The van der Waals surface area contributed by atoms with Crippen LogP contribution in [0.2, 0.25) is 5.02 Å². The monoisotopic (exact) mass is 274 g/mol. The van der Waals surface area contributed by atoms with Crippen molar-refractivity contribution < 1.29 is 9.90 Å². The maximum absolute atomic E-state index is 10.7. The molecule has 0 spiro atoms. The maximum atomic E-state index is 10.7. The highest BCUT2D eigenvalue weighted by Gasteiger charge is 2.07. The Bertz CT molecular complexity index is 633. The molecule has 2 nitrogen and oxygen atoms in total. The second-order valence-electron chi connectivity index (χ2n) is 4.68. The Morgan fingerprint density at radius 2 is 1.68 bits per heavy atom. The van der Waals surface area contributed by atoms with Crippen molar-refractivity contribution >= 4 is 17.6 Å². The average molecular weight is 275 g/mol. The number of carboxylic acid groups (broad SMARTS) is 1. The Morgan fingerprint density at radius 3 is 2.26 bits per heavy atom. The first-order chi connectivity index (χ1) is 8.97. The van der Waals surface area contributed by atoms with Gasteiger partial charge in [-0.1, -0.05) is 41.9 Å². The zero-order valence-electron chi connectivity index (χ0n) is 10.9. The lowest BCUT2D eigenvalue weighted by Gasteiger charge is -2.08. The minimum atomic E-state index is -0.874. The molecule has 2 rings (SSSR count). The van der Waals surface area contributed by atoms with Gasteiger partial charge in [0.15, 0.2) is 0 Å². The molecule has 0 heterocycles. The van der Waals surface area contributed by atoms with Gasteiger partial charge < -0.3 is 5.11 Å². The van der Waals surface area contributed by atoms with Crippen molar-refractivity contribution in [3.8, 4) is 11.1 Å². The molecule has 0 radical (unpaired) electrons. The van der Waals surface area contributed by atoms with Gasteiger partial charge in [0, 0.05) is 5.02 Å². The molecular weight excluding hydrogens is 260 g/mol.